The first-order chi connectivity index (χ1) is 22.7. The van der Waals surface area contributed by atoms with Crippen LogP contribution in [0.2, 0.25) is 20.6 Å². The van der Waals surface area contributed by atoms with E-state index in [4.69, 9.17) is 46.4 Å². The Morgan fingerprint density at radius 3 is 1.60 bits per heavy atom. The van der Waals surface area contributed by atoms with Crippen molar-refractivity contribution >= 4 is 81.0 Å². The number of benzene rings is 2. The van der Waals surface area contributed by atoms with E-state index >= 15 is 0 Å². The number of carbonyl (C=O) groups excluding carboxylic acids is 2. The van der Waals surface area contributed by atoms with Gasteiger partial charge in [-0.05, 0) is 19.8 Å². The lowest BCUT2D eigenvalue weighted by atomic mass is 10.00. The third-order valence-corrected chi connectivity index (χ3v) is 8.77. The van der Waals surface area contributed by atoms with Crippen molar-refractivity contribution in [1.82, 2.24) is 29.3 Å². The predicted octanol–water partition coefficient (Wildman–Crippen LogP) is 8.42. The summed E-state index contributed by atoms with van der Waals surface area (Å²) in [6, 6.07) is 2.20. The van der Waals surface area contributed by atoms with Crippen molar-refractivity contribution in [1.29, 1.82) is 0 Å². The van der Waals surface area contributed by atoms with Crippen molar-refractivity contribution in [2.24, 2.45) is 0 Å². The van der Waals surface area contributed by atoms with Crippen LogP contribution in [-0.4, -0.2) is 42.4 Å². The van der Waals surface area contributed by atoms with Crippen molar-refractivity contribution in [3.63, 3.8) is 0 Å². The number of halogens is 10. The fourth-order valence-corrected chi connectivity index (χ4v) is 5.89. The maximum absolute atomic E-state index is 14.4. The Balaban J connectivity index is 0.000000188. The molecule has 0 saturated carbocycles. The van der Waals surface area contributed by atoms with Crippen LogP contribution in [0.4, 0.5) is 26.3 Å². The van der Waals surface area contributed by atoms with Crippen LogP contribution in [0.15, 0.2) is 36.9 Å². The van der Waals surface area contributed by atoms with Crippen LogP contribution in [0.3, 0.4) is 0 Å². The van der Waals surface area contributed by atoms with Gasteiger partial charge in [0, 0.05) is 49.3 Å². The molecule has 2 aromatic heterocycles. The number of imidazole rings is 2. The number of hydrogen-bond acceptors (Lipinski definition) is 4. The van der Waals surface area contributed by atoms with E-state index < -0.39 is 51.9 Å². The molecular weight excluding hydrogens is 732 g/mol. The molecule has 0 unspecified atom stereocenters. The van der Waals surface area contributed by atoms with Gasteiger partial charge in [0.25, 0.3) is 0 Å². The Morgan fingerprint density at radius 1 is 0.688 bits per heavy atom. The summed E-state index contributed by atoms with van der Waals surface area (Å²) in [4.78, 5) is 32.8. The molecule has 2 amide bonds. The van der Waals surface area contributed by atoms with Crippen LogP contribution in [0.25, 0.3) is 22.8 Å². The minimum Gasteiger partial charge on any atom is -0.324 e. The fourth-order valence-electron chi connectivity index (χ4n) is 5.24. The second kappa shape index (κ2) is 14.2. The molecule has 18 heteroatoms. The van der Waals surface area contributed by atoms with Gasteiger partial charge in [-0.2, -0.15) is 0 Å². The lowest BCUT2D eigenvalue weighted by Gasteiger charge is -2.32. The predicted molar refractivity (Wildman–Crippen MR) is 167 cm³/mol. The number of allylic oxidation sites excluding steroid dienone is 2. The smallest absolute Gasteiger partial charge is 0.227 e. The standard InChI is InChI=1S/C16H12Cl2F3N3O.C14H8Cl2F3N3O/c1-2-23-12(25)4-3-11(24-7-22-15(17)16(24)18)14(23)13-9(20)5-8(19)6-10(13)21;15-13-14(16)22(5-20-13)9-1-2-10(23)21-12(9)11-7(18)3-6(17)4-8(11)19/h5-7H,2-4H2,1H3;3-5H,1-2H2,(H,21,23). The van der Waals surface area contributed by atoms with Gasteiger partial charge < -0.3 is 10.2 Å². The van der Waals surface area contributed by atoms with Crippen LogP contribution >= 0.6 is 46.4 Å². The minimum absolute atomic E-state index is 0.00952. The molecule has 6 rings (SSSR count). The molecule has 0 bridgehead atoms. The molecule has 0 spiro atoms. The number of hydrogen-bond donors (Lipinski definition) is 1. The highest BCUT2D eigenvalue weighted by Gasteiger charge is 2.33. The van der Waals surface area contributed by atoms with Gasteiger partial charge in [0.2, 0.25) is 11.8 Å². The van der Waals surface area contributed by atoms with Crippen LogP contribution in [0.1, 0.15) is 43.7 Å². The van der Waals surface area contributed by atoms with E-state index in [1.165, 1.54) is 26.7 Å². The Kier molecular flexibility index (Phi) is 10.5. The number of nitrogens with one attached hydrogen (secondary N) is 1. The molecule has 0 fully saturated rings. The number of nitrogens with zero attached hydrogens (tertiary/aromatic N) is 5. The van der Waals surface area contributed by atoms with E-state index in [1.54, 1.807) is 6.92 Å². The van der Waals surface area contributed by atoms with Crippen LogP contribution in [-0.2, 0) is 9.59 Å². The van der Waals surface area contributed by atoms with E-state index in [0.717, 1.165) is 0 Å². The molecular formula is C30H20Cl4F6N6O2. The van der Waals surface area contributed by atoms with E-state index in [2.05, 4.69) is 15.3 Å². The summed E-state index contributed by atoms with van der Waals surface area (Å²) in [5.74, 6) is -7.33. The number of amides is 2. The highest BCUT2D eigenvalue weighted by molar-refractivity contribution is 6.41. The van der Waals surface area contributed by atoms with Crippen molar-refractivity contribution in [3.05, 3.63) is 104 Å². The summed E-state index contributed by atoms with van der Waals surface area (Å²) in [6.45, 7) is 1.84. The summed E-state index contributed by atoms with van der Waals surface area (Å²) in [7, 11) is 0. The summed E-state index contributed by atoms with van der Waals surface area (Å²) >= 11 is 23.8. The molecule has 0 radical (unpaired) electrons. The molecule has 0 aliphatic carbocycles. The SMILES string of the molecule is CCN1C(=O)CCC(n2cnc(Cl)c2Cl)=C1c1c(F)cc(F)cc1F.O=C1CCC(n2cnc(Cl)c2Cl)=C(c2c(F)cc(F)cc2F)N1. The summed E-state index contributed by atoms with van der Waals surface area (Å²) in [6.07, 6.45) is 3.13. The summed E-state index contributed by atoms with van der Waals surface area (Å²) < 4.78 is 86.0. The molecule has 2 aromatic carbocycles. The Hall–Kier alpha value is -3.98. The van der Waals surface area contributed by atoms with Crippen LogP contribution < -0.4 is 5.32 Å². The zero-order valence-corrected chi connectivity index (χ0v) is 27.4. The average molecular weight is 752 g/mol. The zero-order valence-electron chi connectivity index (χ0n) is 24.3. The molecule has 0 atom stereocenters. The Morgan fingerprint density at radius 2 is 1.15 bits per heavy atom. The summed E-state index contributed by atoms with van der Waals surface area (Å²) in [5.41, 5.74) is -0.520. The number of rotatable bonds is 5. The van der Waals surface area contributed by atoms with Gasteiger partial charge in [-0.3, -0.25) is 18.7 Å². The lowest BCUT2D eigenvalue weighted by molar-refractivity contribution is -0.128. The van der Waals surface area contributed by atoms with Gasteiger partial charge in [0.05, 0.1) is 28.2 Å². The molecule has 1 N–H and O–H groups in total. The van der Waals surface area contributed by atoms with E-state index in [1.807, 2.05) is 0 Å². The van der Waals surface area contributed by atoms with Gasteiger partial charge in [0.1, 0.15) is 47.6 Å². The third-order valence-electron chi connectivity index (χ3n) is 7.30. The van der Waals surface area contributed by atoms with E-state index in [9.17, 15) is 35.9 Å². The van der Waals surface area contributed by atoms with E-state index in [0.29, 0.717) is 35.7 Å². The van der Waals surface area contributed by atoms with Crippen LogP contribution in [0, 0.1) is 34.9 Å². The van der Waals surface area contributed by atoms with Gasteiger partial charge in [-0.1, -0.05) is 46.4 Å². The maximum Gasteiger partial charge on any atom is 0.227 e. The van der Waals surface area contributed by atoms with Gasteiger partial charge in [-0.15, -0.1) is 0 Å². The minimum atomic E-state index is -1.14. The molecule has 48 heavy (non-hydrogen) atoms. The van der Waals surface area contributed by atoms with Crippen molar-refractivity contribution in [2.75, 3.05) is 6.54 Å². The van der Waals surface area contributed by atoms with Gasteiger partial charge >= 0.3 is 0 Å². The summed E-state index contributed by atoms with van der Waals surface area (Å²) in [5, 5.41) is 2.54. The first-order valence-corrected chi connectivity index (χ1v) is 15.4. The Labute approximate surface area is 288 Å². The molecule has 252 valence electrons. The molecule has 2 aliphatic rings. The Bertz CT molecular complexity index is 1980. The van der Waals surface area contributed by atoms with Gasteiger partial charge in [0.15, 0.2) is 20.6 Å². The molecule has 2 aliphatic heterocycles. The average Bonchev–Trinajstić information content (AvgIpc) is 3.52. The number of carbonyl (C=O) groups is 2. The monoisotopic (exact) mass is 750 g/mol. The van der Waals surface area contributed by atoms with Crippen molar-refractivity contribution < 1.29 is 35.9 Å². The normalized spacial score (nSPS) is 15.2. The molecule has 8 nitrogen and oxygen atoms in total. The molecule has 4 heterocycles. The van der Waals surface area contributed by atoms with E-state index in [-0.39, 0.29) is 70.1 Å². The first kappa shape index (κ1) is 35.3. The largest absolute Gasteiger partial charge is 0.324 e. The van der Waals surface area contributed by atoms with Crippen LogP contribution in [0.5, 0.6) is 0 Å². The molecule has 4 aromatic rings. The zero-order chi connectivity index (χ0) is 35.0. The van der Waals surface area contributed by atoms with Crippen molar-refractivity contribution in [2.45, 2.75) is 32.6 Å². The van der Waals surface area contributed by atoms with Crippen molar-refractivity contribution in [3.8, 4) is 0 Å². The first-order valence-electron chi connectivity index (χ1n) is 13.9. The third kappa shape index (κ3) is 6.79. The number of aromatic nitrogens is 4. The fraction of sp³-hybridized carbons (Fsp3) is 0.200. The second-order valence-corrected chi connectivity index (χ2v) is 11.6. The van der Waals surface area contributed by atoms with Gasteiger partial charge in [-0.25, -0.2) is 36.3 Å². The maximum atomic E-state index is 14.4. The second-order valence-electron chi connectivity index (χ2n) is 10.2. The lowest BCUT2D eigenvalue weighted by Crippen LogP contribution is -2.34. The molecule has 0 saturated heterocycles. The topological polar surface area (TPSA) is 85.1 Å². The highest BCUT2D eigenvalue weighted by atomic mass is 35.5. The quantitative estimate of drug-likeness (QED) is 0.208. The highest BCUT2D eigenvalue weighted by Crippen LogP contribution is 2.39.